The number of carbonyl (C=O) groups excluding carboxylic acids is 2. The van der Waals surface area contributed by atoms with Crippen LogP contribution in [0.4, 0.5) is 5.69 Å². The molecule has 8 nitrogen and oxygen atoms in total. The molecular weight excluding hydrogens is 406 g/mol. The van der Waals surface area contributed by atoms with Crippen molar-refractivity contribution in [2.45, 2.75) is 24.5 Å². The molecule has 0 bridgehead atoms. The summed E-state index contributed by atoms with van der Waals surface area (Å²) in [6, 6.07) is 6.87. The Morgan fingerprint density at radius 1 is 1.29 bits per heavy atom. The number of hydrogen-bond acceptors (Lipinski definition) is 6. The molecule has 1 aromatic carbocycles. The molecule has 2 N–H and O–H groups in total. The average molecular weight is 434 g/mol. The van der Waals surface area contributed by atoms with Crippen LogP contribution in [0.2, 0.25) is 0 Å². The van der Waals surface area contributed by atoms with Gasteiger partial charge in [-0.2, -0.15) is 0 Å². The monoisotopic (exact) mass is 433 g/mol. The molecule has 0 aliphatic carbocycles. The number of ether oxygens (including phenoxy) is 1. The number of hydrogen-bond donors (Lipinski definition) is 2. The maximum absolute atomic E-state index is 13.1. The lowest BCUT2D eigenvalue weighted by molar-refractivity contribution is -0.137. The predicted molar refractivity (Wildman–Crippen MR) is 111 cm³/mol. The molecule has 10 heteroatoms. The van der Waals surface area contributed by atoms with Crippen LogP contribution < -0.4 is 15.4 Å². The van der Waals surface area contributed by atoms with E-state index in [-0.39, 0.29) is 38.3 Å². The van der Waals surface area contributed by atoms with Gasteiger partial charge in [0.15, 0.2) is 14.6 Å². The summed E-state index contributed by atoms with van der Waals surface area (Å²) in [6.45, 7) is 2.67. The standard InChI is InChI=1S/C18H27N3O5S.ClH/c1-4-21(13-16(22)20-14-6-5-7-15(12-14)26-2)17(23)18(27(3,24)25)8-10-19-11-9-18;/h5-7,12,19H,4,8-11,13H2,1-3H3,(H,20,22);1H. The number of nitrogens with one attached hydrogen (secondary N) is 2. The minimum Gasteiger partial charge on any atom is -0.497 e. The van der Waals surface area contributed by atoms with Gasteiger partial charge in [-0.15, -0.1) is 12.4 Å². The SMILES string of the molecule is CCN(CC(=O)Nc1cccc(OC)c1)C(=O)C1(S(C)(=O)=O)CCNCC1.Cl. The first-order valence-electron chi connectivity index (χ1n) is 8.87. The van der Waals surface area contributed by atoms with E-state index in [9.17, 15) is 18.0 Å². The van der Waals surface area contributed by atoms with E-state index in [0.29, 0.717) is 24.5 Å². The second-order valence-electron chi connectivity index (χ2n) is 6.62. The van der Waals surface area contributed by atoms with E-state index in [1.54, 1.807) is 31.2 Å². The third-order valence-electron chi connectivity index (χ3n) is 4.87. The summed E-state index contributed by atoms with van der Waals surface area (Å²) in [6.07, 6.45) is 1.51. The van der Waals surface area contributed by atoms with E-state index in [1.165, 1.54) is 12.0 Å². The fourth-order valence-electron chi connectivity index (χ4n) is 3.26. The second-order valence-corrected chi connectivity index (χ2v) is 8.94. The van der Waals surface area contributed by atoms with Crippen molar-refractivity contribution < 1.29 is 22.7 Å². The first-order valence-corrected chi connectivity index (χ1v) is 10.8. The topological polar surface area (TPSA) is 105 Å². The number of likely N-dealkylation sites (N-methyl/N-ethyl adjacent to an activating group) is 1. The van der Waals surface area contributed by atoms with E-state index < -0.39 is 26.4 Å². The Balaban J connectivity index is 0.00000392. The third kappa shape index (κ3) is 5.36. The summed E-state index contributed by atoms with van der Waals surface area (Å²) in [5.41, 5.74) is 0.544. The zero-order chi connectivity index (χ0) is 20.1. The highest BCUT2D eigenvalue weighted by atomic mass is 35.5. The highest BCUT2D eigenvalue weighted by Gasteiger charge is 2.50. The molecule has 1 heterocycles. The molecule has 0 saturated carbocycles. The maximum Gasteiger partial charge on any atom is 0.244 e. The van der Waals surface area contributed by atoms with Crippen molar-refractivity contribution in [3.63, 3.8) is 0 Å². The minimum absolute atomic E-state index is 0. The van der Waals surface area contributed by atoms with Crippen molar-refractivity contribution in [1.82, 2.24) is 10.2 Å². The van der Waals surface area contributed by atoms with Crippen LogP contribution in [0, 0.1) is 0 Å². The van der Waals surface area contributed by atoms with Gasteiger partial charge in [0.25, 0.3) is 0 Å². The summed E-state index contributed by atoms with van der Waals surface area (Å²) in [5.74, 6) is -0.298. The van der Waals surface area contributed by atoms with Crippen molar-refractivity contribution in [3.8, 4) is 5.75 Å². The largest absolute Gasteiger partial charge is 0.497 e. The molecule has 1 aliphatic heterocycles. The summed E-state index contributed by atoms with van der Waals surface area (Å²) in [5, 5.41) is 5.80. The Morgan fingerprint density at radius 2 is 1.93 bits per heavy atom. The smallest absolute Gasteiger partial charge is 0.244 e. The molecule has 158 valence electrons. The molecule has 1 aromatic rings. The van der Waals surface area contributed by atoms with Crippen molar-refractivity contribution in [2.75, 3.05) is 44.9 Å². The first kappa shape index (κ1) is 24.2. The van der Waals surface area contributed by atoms with Crippen LogP contribution in [0.1, 0.15) is 19.8 Å². The average Bonchev–Trinajstić information content (AvgIpc) is 2.65. The fraction of sp³-hybridized carbons (Fsp3) is 0.556. The summed E-state index contributed by atoms with van der Waals surface area (Å²) in [7, 11) is -2.10. The molecule has 0 radical (unpaired) electrons. The van der Waals surface area contributed by atoms with Crippen LogP contribution in [0.3, 0.4) is 0 Å². The lowest BCUT2D eigenvalue weighted by atomic mass is 9.95. The molecule has 2 rings (SSSR count). The van der Waals surface area contributed by atoms with E-state index >= 15 is 0 Å². The number of amides is 2. The number of piperidine rings is 1. The minimum atomic E-state index is -3.62. The Kier molecular flexibility index (Phi) is 8.72. The lowest BCUT2D eigenvalue weighted by Crippen LogP contribution is -2.59. The number of halogens is 1. The molecule has 1 saturated heterocycles. The van der Waals surface area contributed by atoms with Crippen LogP contribution in [0.5, 0.6) is 5.75 Å². The van der Waals surface area contributed by atoms with Crippen LogP contribution in [0.15, 0.2) is 24.3 Å². The van der Waals surface area contributed by atoms with Gasteiger partial charge in [-0.05, 0) is 45.0 Å². The summed E-state index contributed by atoms with van der Waals surface area (Å²) >= 11 is 0. The van der Waals surface area contributed by atoms with Crippen LogP contribution >= 0.6 is 12.4 Å². The number of methoxy groups -OCH3 is 1. The molecule has 1 aliphatic rings. The van der Waals surface area contributed by atoms with Crippen molar-refractivity contribution >= 4 is 39.7 Å². The Bertz CT molecular complexity index is 794. The zero-order valence-corrected chi connectivity index (χ0v) is 18.0. The van der Waals surface area contributed by atoms with Gasteiger partial charge < -0.3 is 20.3 Å². The van der Waals surface area contributed by atoms with E-state index in [0.717, 1.165) is 6.26 Å². The normalized spacial score (nSPS) is 15.8. The molecule has 2 amide bonds. The molecule has 0 unspecified atom stereocenters. The van der Waals surface area contributed by atoms with E-state index in [4.69, 9.17) is 4.74 Å². The number of sulfone groups is 1. The molecule has 0 spiro atoms. The maximum atomic E-state index is 13.1. The van der Waals surface area contributed by atoms with Gasteiger partial charge in [0.2, 0.25) is 11.8 Å². The second kappa shape index (κ2) is 10.1. The molecule has 1 fully saturated rings. The molecule has 0 atom stereocenters. The molecular formula is C18H28ClN3O5S. The third-order valence-corrected chi connectivity index (χ3v) is 6.87. The van der Waals surface area contributed by atoms with Gasteiger partial charge in [0.05, 0.1) is 13.7 Å². The van der Waals surface area contributed by atoms with Gasteiger partial charge in [0, 0.05) is 24.6 Å². The van der Waals surface area contributed by atoms with Crippen LogP contribution in [0.25, 0.3) is 0 Å². The van der Waals surface area contributed by atoms with Gasteiger partial charge >= 0.3 is 0 Å². The number of nitrogens with zero attached hydrogens (tertiary/aromatic N) is 1. The van der Waals surface area contributed by atoms with E-state index in [2.05, 4.69) is 10.6 Å². The van der Waals surface area contributed by atoms with E-state index in [1.807, 2.05) is 0 Å². The van der Waals surface area contributed by atoms with Gasteiger partial charge in [0.1, 0.15) is 5.75 Å². The number of rotatable bonds is 7. The Labute approximate surface area is 172 Å². The van der Waals surface area contributed by atoms with Crippen LogP contribution in [-0.2, 0) is 19.4 Å². The summed E-state index contributed by atoms with van der Waals surface area (Å²) < 4.78 is 28.5. The highest BCUT2D eigenvalue weighted by molar-refractivity contribution is 7.92. The highest BCUT2D eigenvalue weighted by Crippen LogP contribution is 2.30. The number of benzene rings is 1. The Morgan fingerprint density at radius 3 is 2.46 bits per heavy atom. The lowest BCUT2D eigenvalue weighted by Gasteiger charge is -2.38. The summed E-state index contributed by atoms with van der Waals surface area (Å²) in [4.78, 5) is 26.8. The Hall–Kier alpha value is -1.84. The van der Waals surface area contributed by atoms with Crippen LogP contribution in [-0.4, -0.2) is 69.4 Å². The molecule has 0 aromatic heterocycles. The van der Waals surface area contributed by atoms with Gasteiger partial charge in [-0.3, -0.25) is 9.59 Å². The van der Waals surface area contributed by atoms with Gasteiger partial charge in [-0.1, -0.05) is 6.07 Å². The number of carbonyl (C=O) groups is 2. The first-order chi connectivity index (χ1) is 12.7. The van der Waals surface area contributed by atoms with Gasteiger partial charge in [-0.25, -0.2) is 8.42 Å². The van der Waals surface area contributed by atoms with Crippen molar-refractivity contribution in [3.05, 3.63) is 24.3 Å². The predicted octanol–water partition coefficient (Wildman–Crippen LogP) is 1.07. The quantitative estimate of drug-likeness (QED) is 0.666. The van der Waals surface area contributed by atoms with Crippen molar-refractivity contribution in [2.24, 2.45) is 0 Å². The molecule has 28 heavy (non-hydrogen) atoms. The zero-order valence-electron chi connectivity index (χ0n) is 16.4. The fourth-order valence-corrected chi connectivity index (χ4v) is 4.66. The number of anilines is 1. The van der Waals surface area contributed by atoms with Crippen molar-refractivity contribution in [1.29, 1.82) is 0 Å².